The van der Waals surface area contributed by atoms with Crippen LogP contribution in [-0.2, 0) is 18.8 Å². The van der Waals surface area contributed by atoms with Crippen LogP contribution in [0.1, 0.15) is 123 Å². The first-order chi connectivity index (χ1) is 22.6. The fourth-order valence-corrected chi connectivity index (χ4v) is 7.95. The van der Waals surface area contributed by atoms with E-state index in [0.29, 0.717) is 49.2 Å². The van der Waals surface area contributed by atoms with E-state index in [-0.39, 0.29) is 5.82 Å². The van der Waals surface area contributed by atoms with Gasteiger partial charge in [0.1, 0.15) is 30.5 Å². The van der Waals surface area contributed by atoms with Gasteiger partial charge in [0.15, 0.2) is 0 Å². The Balaban J connectivity index is 1.33. The van der Waals surface area contributed by atoms with Crippen molar-refractivity contribution in [3.05, 3.63) is 119 Å². The molecule has 0 aromatic heterocycles. The molecule has 3 aliphatic rings. The van der Waals surface area contributed by atoms with Crippen molar-refractivity contribution in [3.63, 3.8) is 0 Å². The topological polar surface area (TPSA) is 38.7 Å². The van der Waals surface area contributed by atoms with Crippen LogP contribution in [0, 0.1) is 5.82 Å². The van der Waals surface area contributed by atoms with Gasteiger partial charge in [0.05, 0.1) is 5.60 Å². The van der Waals surface area contributed by atoms with E-state index in [1.807, 2.05) is 48.5 Å². The molecular weight excluding hydrogens is 571 g/mol. The third kappa shape index (κ3) is 6.74. The summed E-state index contributed by atoms with van der Waals surface area (Å²) in [5, 5.41) is 11.9. The molecule has 3 aliphatic carbocycles. The maximum Gasteiger partial charge on any atom is 0.134 e. The van der Waals surface area contributed by atoms with E-state index in [4.69, 9.17) is 9.47 Å². The summed E-state index contributed by atoms with van der Waals surface area (Å²) in [6, 6.07) is 28.3. The van der Waals surface area contributed by atoms with Crippen LogP contribution in [0.25, 0.3) is 11.1 Å². The SMILES string of the molecule is OC1(c2cc(OCc3ccccc3)c(C3CCCCC3)cc2-c2cc(C3CCCCC3)c(OCc3ccccc3)cc2F)CCC1. The molecule has 4 aromatic rings. The molecule has 0 unspecified atom stereocenters. The van der Waals surface area contributed by atoms with Crippen LogP contribution < -0.4 is 9.47 Å². The molecular formula is C42H47FO3. The Kier molecular flexibility index (Phi) is 9.44. The lowest BCUT2D eigenvalue weighted by molar-refractivity contribution is -0.0384. The third-order valence-corrected chi connectivity index (χ3v) is 10.8. The van der Waals surface area contributed by atoms with Crippen molar-refractivity contribution < 1.29 is 19.0 Å². The van der Waals surface area contributed by atoms with Crippen molar-refractivity contribution in [2.24, 2.45) is 0 Å². The molecule has 0 spiro atoms. The molecule has 0 aliphatic heterocycles. The summed E-state index contributed by atoms with van der Waals surface area (Å²) >= 11 is 0. The van der Waals surface area contributed by atoms with Gasteiger partial charge in [0, 0.05) is 11.6 Å². The lowest BCUT2D eigenvalue weighted by Crippen LogP contribution is -2.34. The van der Waals surface area contributed by atoms with E-state index in [2.05, 4.69) is 30.3 Å². The van der Waals surface area contributed by atoms with Crippen molar-refractivity contribution in [2.45, 2.75) is 114 Å². The largest absolute Gasteiger partial charge is 0.489 e. The predicted octanol–water partition coefficient (Wildman–Crippen LogP) is 11.1. The van der Waals surface area contributed by atoms with Gasteiger partial charge in [-0.2, -0.15) is 0 Å². The minimum Gasteiger partial charge on any atom is -0.489 e. The maximum atomic E-state index is 16.5. The molecule has 0 heterocycles. The molecule has 7 rings (SSSR count). The highest BCUT2D eigenvalue weighted by Gasteiger charge is 2.40. The molecule has 0 radical (unpaired) electrons. The summed E-state index contributed by atoms with van der Waals surface area (Å²) in [5.74, 6) is 1.89. The number of aliphatic hydroxyl groups is 1. The highest BCUT2D eigenvalue weighted by Crippen LogP contribution is 2.51. The van der Waals surface area contributed by atoms with Crippen molar-refractivity contribution in [1.82, 2.24) is 0 Å². The zero-order valence-corrected chi connectivity index (χ0v) is 27.0. The molecule has 3 saturated carbocycles. The van der Waals surface area contributed by atoms with Gasteiger partial charge >= 0.3 is 0 Å². The van der Waals surface area contributed by atoms with E-state index in [1.165, 1.54) is 38.5 Å². The molecule has 1 N–H and O–H groups in total. The van der Waals surface area contributed by atoms with Gasteiger partial charge in [-0.1, -0.05) is 99.2 Å². The van der Waals surface area contributed by atoms with Gasteiger partial charge in [-0.25, -0.2) is 4.39 Å². The zero-order valence-electron chi connectivity index (χ0n) is 27.0. The number of ether oxygens (including phenoxy) is 2. The van der Waals surface area contributed by atoms with Gasteiger partial charge in [0.2, 0.25) is 0 Å². The van der Waals surface area contributed by atoms with E-state index < -0.39 is 5.60 Å². The first-order valence-electron chi connectivity index (χ1n) is 17.7. The van der Waals surface area contributed by atoms with Gasteiger partial charge in [-0.05, 0) is 108 Å². The summed E-state index contributed by atoms with van der Waals surface area (Å²) in [7, 11) is 0. The summed E-state index contributed by atoms with van der Waals surface area (Å²) in [6.07, 6.45) is 13.9. The van der Waals surface area contributed by atoms with E-state index in [9.17, 15) is 5.11 Å². The van der Waals surface area contributed by atoms with Crippen molar-refractivity contribution in [2.75, 3.05) is 0 Å². The standard InChI is InChI=1S/C42H47FO3/c43-39-27-41(46-29-31-16-7-2-8-17-31)35(33-20-11-4-12-21-33)25-37(39)36-24-34(32-18-9-3-10-19-32)40(26-38(36)42(44)22-13-23-42)45-28-30-14-5-1-6-15-30/h1-2,5-8,14-17,24-27,32-33,44H,3-4,9-13,18-23,28-29H2. The normalized spacial score (nSPS) is 18.6. The molecule has 4 aromatic carbocycles. The lowest BCUT2D eigenvalue weighted by atomic mass is 9.71. The Morgan fingerprint density at radius 3 is 1.54 bits per heavy atom. The van der Waals surface area contributed by atoms with Crippen LogP contribution in [-0.4, -0.2) is 5.11 Å². The molecule has 0 amide bonds. The Morgan fingerprint density at radius 2 is 1.07 bits per heavy atom. The smallest absolute Gasteiger partial charge is 0.134 e. The summed E-state index contributed by atoms with van der Waals surface area (Å²) < 4.78 is 29.5. The Hall–Kier alpha value is -3.63. The van der Waals surface area contributed by atoms with Crippen LogP contribution in [0.2, 0.25) is 0 Å². The first-order valence-corrected chi connectivity index (χ1v) is 17.7. The molecule has 3 fully saturated rings. The van der Waals surface area contributed by atoms with Crippen LogP contribution in [0.5, 0.6) is 11.5 Å². The summed E-state index contributed by atoms with van der Waals surface area (Å²) in [5.41, 5.74) is 5.65. The van der Waals surface area contributed by atoms with E-state index in [0.717, 1.165) is 71.2 Å². The number of rotatable bonds is 10. The maximum absolute atomic E-state index is 16.5. The second kappa shape index (κ2) is 14.0. The second-order valence-corrected chi connectivity index (χ2v) is 13.9. The average Bonchev–Trinajstić information content (AvgIpc) is 3.10. The number of halogens is 1. The monoisotopic (exact) mass is 618 g/mol. The second-order valence-electron chi connectivity index (χ2n) is 13.9. The number of benzene rings is 4. The highest BCUT2D eigenvalue weighted by atomic mass is 19.1. The van der Waals surface area contributed by atoms with Gasteiger partial charge in [-0.15, -0.1) is 0 Å². The molecule has 0 saturated heterocycles. The minimum absolute atomic E-state index is 0.292. The van der Waals surface area contributed by atoms with Gasteiger partial charge in [-0.3, -0.25) is 0 Å². The van der Waals surface area contributed by atoms with E-state index in [1.54, 1.807) is 6.07 Å². The quantitative estimate of drug-likeness (QED) is 0.192. The average molecular weight is 619 g/mol. The van der Waals surface area contributed by atoms with Crippen molar-refractivity contribution >= 4 is 0 Å². The summed E-state index contributed by atoms with van der Waals surface area (Å²) in [4.78, 5) is 0. The minimum atomic E-state index is -0.981. The Morgan fingerprint density at radius 1 is 0.587 bits per heavy atom. The van der Waals surface area contributed by atoms with Gasteiger partial charge < -0.3 is 14.6 Å². The fourth-order valence-electron chi connectivity index (χ4n) is 7.95. The van der Waals surface area contributed by atoms with Crippen LogP contribution in [0.4, 0.5) is 4.39 Å². The van der Waals surface area contributed by atoms with Crippen LogP contribution in [0.15, 0.2) is 84.9 Å². The predicted molar refractivity (Wildman–Crippen MR) is 183 cm³/mol. The van der Waals surface area contributed by atoms with Crippen LogP contribution in [0.3, 0.4) is 0 Å². The molecule has 0 bridgehead atoms. The van der Waals surface area contributed by atoms with Crippen LogP contribution >= 0.6 is 0 Å². The first kappa shape index (κ1) is 31.0. The van der Waals surface area contributed by atoms with Crippen molar-refractivity contribution in [1.29, 1.82) is 0 Å². The van der Waals surface area contributed by atoms with E-state index >= 15 is 4.39 Å². The molecule has 240 valence electrons. The Labute approximate surface area is 273 Å². The molecule has 4 heteroatoms. The summed E-state index contributed by atoms with van der Waals surface area (Å²) in [6.45, 7) is 0.870. The molecule has 46 heavy (non-hydrogen) atoms. The Bertz CT molecular complexity index is 1600. The highest BCUT2D eigenvalue weighted by molar-refractivity contribution is 5.74. The molecule has 3 nitrogen and oxygen atoms in total. The fraction of sp³-hybridized carbons (Fsp3) is 0.429. The molecule has 0 atom stereocenters. The lowest BCUT2D eigenvalue weighted by Gasteiger charge is -2.39. The number of hydrogen-bond acceptors (Lipinski definition) is 3. The zero-order chi connectivity index (χ0) is 31.3. The van der Waals surface area contributed by atoms with Crippen molar-refractivity contribution in [3.8, 4) is 22.6 Å². The third-order valence-electron chi connectivity index (χ3n) is 10.8. The number of hydrogen-bond donors (Lipinski definition) is 1. The van der Waals surface area contributed by atoms with Gasteiger partial charge in [0.25, 0.3) is 0 Å².